The van der Waals surface area contributed by atoms with Gasteiger partial charge in [0.25, 0.3) is 0 Å². The van der Waals surface area contributed by atoms with Crippen LogP contribution in [0.4, 0.5) is 0 Å². The van der Waals surface area contributed by atoms with Crippen molar-refractivity contribution in [3.8, 4) is 5.75 Å². The summed E-state index contributed by atoms with van der Waals surface area (Å²) in [6, 6.07) is 5.08. The van der Waals surface area contributed by atoms with E-state index in [1.54, 1.807) is 6.92 Å². The monoisotopic (exact) mass is 258 g/mol. The maximum absolute atomic E-state index is 12.0. The van der Waals surface area contributed by atoms with Crippen LogP contribution in [0.2, 0.25) is 0 Å². The van der Waals surface area contributed by atoms with Gasteiger partial charge in [-0.15, -0.1) is 0 Å². The maximum atomic E-state index is 12.0. The van der Waals surface area contributed by atoms with Crippen molar-refractivity contribution in [3.05, 3.63) is 24.3 Å². The summed E-state index contributed by atoms with van der Waals surface area (Å²) in [6.45, 7) is 1.40. The molecule has 0 saturated heterocycles. The molecule has 7 heteroatoms. The molecule has 1 aromatic carbocycles. The number of aromatic hydroxyl groups is 1. The Morgan fingerprint density at radius 2 is 1.88 bits per heavy atom. The number of likely N-dealkylation sites (N-methyl/N-ethyl adjacent to an activating group) is 1. The zero-order valence-electron chi connectivity index (χ0n) is 9.33. The number of phenols is 1. The van der Waals surface area contributed by atoms with E-state index in [9.17, 15) is 13.2 Å². The first kappa shape index (κ1) is 13.5. The standard InChI is InChI=1S/C10H14N2O4S/c1-2-12(7-10(11)14)17(15,16)9-5-3-8(13)4-6-9/h3-6,13H,2,7H2,1H3,(H2,11,14). The molecule has 94 valence electrons. The van der Waals surface area contributed by atoms with Crippen LogP contribution in [-0.4, -0.2) is 36.8 Å². The number of phenolic OH excluding ortho intramolecular Hbond substituents is 1. The Hall–Kier alpha value is -1.60. The molecule has 0 fully saturated rings. The minimum absolute atomic E-state index is 0.0124. The van der Waals surface area contributed by atoms with Crippen molar-refractivity contribution in [1.82, 2.24) is 4.31 Å². The van der Waals surface area contributed by atoms with Gasteiger partial charge in [0.05, 0.1) is 11.4 Å². The number of sulfonamides is 1. The van der Waals surface area contributed by atoms with Crippen molar-refractivity contribution in [2.75, 3.05) is 13.1 Å². The number of hydrogen-bond acceptors (Lipinski definition) is 4. The van der Waals surface area contributed by atoms with Gasteiger partial charge in [0.1, 0.15) is 5.75 Å². The van der Waals surface area contributed by atoms with E-state index in [4.69, 9.17) is 10.8 Å². The minimum Gasteiger partial charge on any atom is -0.508 e. The molecule has 0 aliphatic heterocycles. The van der Waals surface area contributed by atoms with Crippen molar-refractivity contribution >= 4 is 15.9 Å². The van der Waals surface area contributed by atoms with Crippen LogP contribution in [0.3, 0.4) is 0 Å². The van der Waals surface area contributed by atoms with E-state index in [0.717, 1.165) is 4.31 Å². The average molecular weight is 258 g/mol. The zero-order chi connectivity index (χ0) is 13.1. The molecular weight excluding hydrogens is 244 g/mol. The van der Waals surface area contributed by atoms with Crippen LogP contribution in [0.15, 0.2) is 29.2 Å². The fraction of sp³-hybridized carbons (Fsp3) is 0.300. The van der Waals surface area contributed by atoms with Gasteiger partial charge < -0.3 is 10.8 Å². The predicted molar refractivity (Wildman–Crippen MR) is 61.7 cm³/mol. The number of nitrogens with two attached hydrogens (primary N) is 1. The molecule has 0 aliphatic rings. The zero-order valence-corrected chi connectivity index (χ0v) is 10.1. The second kappa shape index (κ2) is 5.15. The van der Waals surface area contributed by atoms with E-state index < -0.39 is 15.9 Å². The fourth-order valence-electron chi connectivity index (χ4n) is 1.31. The van der Waals surface area contributed by atoms with Gasteiger partial charge in [-0.05, 0) is 24.3 Å². The Bertz CT molecular complexity index is 496. The first-order valence-corrected chi connectivity index (χ1v) is 6.39. The largest absolute Gasteiger partial charge is 0.508 e. The summed E-state index contributed by atoms with van der Waals surface area (Å²) in [7, 11) is -3.74. The molecule has 1 rings (SSSR count). The minimum atomic E-state index is -3.74. The van der Waals surface area contributed by atoms with Crippen molar-refractivity contribution < 1.29 is 18.3 Å². The molecule has 17 heavy (non-hydrogen) atoms. The third kappa shape index (κ3) is 3.18. The summed E-state index contributed by atoms with van der Waals surface area (Å²) >= 11 is 0. The van der Waals surface area contributed by atoms with Gasteiger partial charge in [-0.2, -0.15) is 4.31 Å². The van der Waals surface area contributed by atoms with E-state index in [1.165, 1.54) is 24.3 Å². The Kier molecular flexibility index (Phi) is 4.08. The van der Waals surface area contributed by atoms with Crippen molar-refractivity contribution in [2.24, 2.45) is 5.73 Å². The van der Waals surface area contributed by atoms with Crippen LogP contribution in [0, 0.1) is 0 Å². The van der Waals surface area contributed by atoms with E-state index in [1.807, 2.05) is 0 Å². The van der Waals surface area contributed by atoms with Crippen LogP contribution >= 0.6 is 0 Å². The molecule has 0 heterocycles. The normalized spacial score (nSPS) is 11.6. The average Bonchev–Trinajstić information content (AvgIpc) is 2.26. The highest BCUT2D eigenvalue weighted by atomic mass is 32.2. The van der Waals surface area contributed by atoms with Gasteiger partial charge in [0.2, 0.25) is 15.9 Å². The lowest BCUT2D eigenvalue weighted by Crippen LogP contribution is -2.38. The summed E-state index contributed by atoms with van der Waals surface area (Å²) in [5, 5.41) is 9.08. The number of carbonyl (C=O) groups is 1. The molecule has 6 nitrogen and oxygen atoms in total. The van der Waals surface area contributed by atoms with E-state index in [-0.39, 0.29) is 23.7 Å². The topological polar surface area (TPSA) is 101 Å². The third-order valence-electron chi connectivity index (χ3n) is 2.16. The second-order valence-electron chi connectivity index (χ2n) is 3.39. The number of hydrogen-bond donors (Lipinski definition) is 2. The number of nitrogens with zero attached hydrogens (tertiary/aromatic N) is 1. The highest BCUT2D eigenvalue weighted by molar-refractivity contribution is 7.89. The molecule has 0 aromatic heterocycles. The van der Waals surface area contributed by atoms with Gasteiger partial charge in [-0.3, -0.25) is 4.79 Å². The quantitative estimate of drug-likeness (QED) is 0.769. The molecule has 1 amide bonds. The van der Waals surface area contributed by atoms with Gasteiger partial charge >= 0.3 is 0 Å². The Labute approximate surface area is 99.7 Å². The second-order valence-corrected chi connectivity index (χ2v) is 5.33. The first-order valence-electron chi connectivity index (χ1n) is 4.95. The van der Waals surface area contributed by atoms with Crippen LogP contribution in [-0.2, 0) is 14.8 Å². The van der Waals surface area contributed by atoms with E-state index >= 15 is 0 Å². The van der Waals surface area contributed by atoms with E-state index in [2.05, 4.69) is 0 Å². The summed E-state index contributed by atoms with van der Waals surface area (Å²) in [6.07, 6.45) is 0. The van der Waals surface area contributed by atoms with Gasteiger partial charge in [0, 0.05) is 6.54 Å². The molecule has 0 spiro atoms. The van der Waals surface area contributed by atoms with Crippen molar-refractivity contribution in [3.63, 3.8) is 0 Å². The van der Waals surface area contributed by atoms with Gasteiger partial charge in [-0.25, -0.2) is 8.42 Å². The highest BCUT2D eigenvalue weighted by Crippen LogP contribution is 2.18. The fourth-order valence-corrected chi connectivity index (χ4v) is 2.72. The summed E-state index contributed by atoms with van der Waals surface area (Å²) in [5.41, 5.74) is 4.98. The molecule has 0 aliphatic carbocycles. The Morgan fingerprint density at radius 3 is 2.29 bits per heavy atom. The molecule has 1 aromatic rings. The number of carbonyl (C=O) groups excluding carboxylic acids is 1. The van der Waals surface area contributed by atoms with Crippen LogP contribution in [0.1, 0.15) is 6.92 Å². The Morgan fingerprint density at radius 1 is 1.35 bits per heavy atom. The van der Waals surface area contributed by atoms with Crippen molar-refractivity contribution in [1.29, 1.82) is 0 Å². The first-order chi connectivity index (χ1) is 7.87. The summed E-state index contributed by atoms with van der Waals surface area (Å²) in [4.78, 5) is 10.8. The van der Waals surface area contributed by atoms with E-state index in [0.29, 0.717) is 0 Å². The van der Waals surface area contributed by atoms with Gasteiger partial charge in [0.15, 0.2) is 0 Å². The number of benzene rings is 1. The third-order valence-corrected chi connectivity index (χ3v) is 4.09. The van der Waals surface area contributed by atoms with Crippen LogP contribution in [0.25, 0.3) is 0 Å². The number of amides is 1. The lowest BCUT2D eigenvalue weighted by molar-refractivity contribution is -0.118. The number of rotatable bonds is 5. The molecular formula is C10H14N2O4S. The van der Waals surface area contributed by atoms with Crippen molar-refractivity contribution in [2.45, 2.75) is 11.8 Å². The van der Waals surface area contributed by atoms with Crippen LogP contribution < -0.4 is 5.73 Å². The number of primary amides is 1. The predicted octanol–water partition coefficient (Wildman–Crippen LogP) is -0.112. The molecule has 0 saturated carbocycles. The molecule has 0 bridgehead atoms. The smallest absolute Gasteiger partial charge is 0.243 e. The van der Waals surface area contributed by atoms with Gasteiger partial charge in [-0.1, -0.05) is 6.92 Å². The molecule has 0 radical (unpaired) electrons. The highest BCUT2D eigenvalue weighted by Gasteiger charge is 2.24. The molecule has 0 unspecified atom stereocenters. The maximum Gasteiger partial charge on any atom is 0.243 e. The lowest BCUT2D eigenvalue weighted by atomic mass is 10.3. The SMILES string of the molecule is CCN(CC(N)=O)S(=O)(=O)c1ccc(O)cc1. The molecule has 0 atom stereocenters. The van der Waals surface area contributed by atoms with Crippen LogP contribution in [0.5, 0.6) is 5.75 Å². The summed E-state index contributed by atoms with van der Waals surface area (Å²) in [5.74, 6) is -0.740. The molecule has 3 N–H and O–H groups in total. The lowest BCUT2D eigenvalue weighted by Gasteiger charge is -2.18. The Balaban J connectivity index is 3.08. The summed E-state index contributed by atoms with van der Waals surface area (Å²) < 4.78 is 25.1.